The largest absolute Gasteiger partial charge is 0.455 e. The summed E-state index contributed by atoms with van der Waals surface area (Å²) in [6.07, 6.45) is 0. The van der Waals surface area contributed by atoms with Crippen LogP contribution >= 0.6 is 0 Å². The van der Waals surface area contributed by atoms with Crippen LogP contribution in [0.25, 0.3) is 22.6 Å². The summed E-state index contributed by atoms with van der Waals surface area (Å²) in [6.45, 7) is 0. The second-order valence-corrected chi connectivity index (χ2v) is 9.18. The predicted octanol–water partition coefficient (Wildman–Crippen LogP) is 7.47. The van der Waals surface area contributed by atoms with Crippen LogP contribution in [-0.2, 0) is 0 Å². The van der Waals surface area contributed by atoms with Crippen LogP contribution in [0, 0.1) is 10.1 Å². The highest BCUT2D eigenvalue weighted by Gasteiger charge is 2.50. The van der Waals surface area contributed by atoms with Gasteiger partial charge in [0.1, 0.15) is 11.5 Å². The molecule has 6 nitrogen and oxygen atoms in total. The number of hydrogen-bond donors (Lipinski definition) is 0. The van der Waals surface area contributed by atoms with Gasteiger partial charge in [0.15, 0.2) is 11.6 Å². The third-order valence-corrected chi connectivity index (χ3v) is 6.99. The van der Waals surface area contributed by atoms with Gasteiger partial charge < -0.3 is 4.42 Å². The van der Waals surface area contributed by atoms with Crippen molar-refractivity contribution in [2.24, 2.45) is 0 Å². The van der Waals surface area contributed by atoms with Gasteiger partial charge in [0, 0.05) is 34.4 Å². The quantitative estimate of drug-likeness (QED) is 0.137. The number of nitro groups is 1. The zero-order chi connectivity index (χ0) is 26.2. The van der Waals surface area contributed by atoms with E-state index in [0.29, 0.717) is 33.8 Å². The number of benzene rings is 4. The number of nitro benzene ring substituents is 1. The van der Waals surface area contributed by atoms with E-state index < -0.39 is 16.8 Å². The van der Waals surface area contributed by atoms with Crippen LogP contribution in [0.4, 0.5) is 5.69 Å². The van der Waals surface area contributed by atoms with Crippen molar-refractivity contribution >= 4 is 17.3 Å². The lowest BCUT2D eigenvalue weighted by molar-refractivity contribution is -0.384. The Hall–Kier alpha value is -5.10. The van der Waals surface area contributed by atoms with Gasteiger partial charge in [-0.25, -0.2) is 0 Å². The van der Waals surface area contributed by atoms with Gasteiger partial charge in [-0.2, -0.15) is 0 Å². The van der Waals surface area contributed by atoms with Crippen LogP contribution in [-0.4, -0.2) is 16.5 Å². The van der Waals surface area contributed by atoms with Crippen molar-refractivity contribution in [1.82, 2.24) is 0 Å². The van der Waals surface area contributed by atoms with E-state index in [0.717, 1.165) is 11.1 Å². The molecule has 0 radical (unpaired) electrons. The molecule has 0 aliphatic heterocycles. The first kappa shape index (κ1) is 23.3. The molecule has 184 valence electrons. The van der Waals surface area contributed by atoms with Crippen LogP contribution in [0.5, 0.6) is 0 Å². The maximum absolute atomic E-state index is 14.2. The Bertz CT molecular complexity index is 1660. The molecule has 0 amide bonds. The minimum atomic E-state index is -0.798. The van der Waals surface area contributed by atoms with Crippen molar-refractivity contribution in [3.63, 3.8) is 0 Å². The van der Waals surface area contributed by atoms with E-state index >= 15 is 0 Å². The first-order valence-electron chi connectivity index (χ1n) is 12.2. The number of hydrogen-bond acceptors (Lipinski definition) is 5. The Morgan fingerprint density at radius 2 is 1.26 bits per heavy atom. The molecular weight excluding hydrogens is 478 g/mol. The standard InChI is InChI=1S/C32H21NO5/c34-29(21-12-6-2-7-13-21)26-25(20-10-4-1-5-11-20)30(35)28-27(26)31(22-14-8-3-9-15-22)38-32(28)23-16-18-24(19-17-23)33(36)37/h1-19,25-26H/t25-,26-/m1/s1. The maximum atomic E-state index is 14.2. The second kappa shape index (κ2) is 9.41. The molecule has 0 saturated heterocycles. The zero-order valence-electron chi connectivity index (χ0n) is 20.1. The number of carbonyl (C=O) groups is 2. The molecule has 4 aromatic carbocycles. The molecule has 1 aromatic heterocycles. The van der Waals surface area contributed by atoms with Crippen LogP contribution in [0.1, 0.15) is 43.7 Å². The Kier molecular flexibility index (Phi) is 5.77. The fourth-order valence-corrected chi connectivity index (χ4v) is 5.27. The molecule has 0 saturated carbocycles. The zero-order valence-corrected chi connectivity index (χ0v) is 20.1. The average molecular weight is 500 g/mol. The number of ketones is 2. The van der Waals surface area contributed by atoms with Crippen molar-refractivity contribution in [2.75, 3.05) is 0 Å². The summed E-state index contributed by atoms with van der Waals surface area (Å²) >= 11 is 0. The summed E-state index contributed by atoms with van der Waals surface area (Å²) in [6, 6.07) is 33.6. The van der Waals surface area contributed by atoms with Gasteiger partial charge in [0.25, 0.3) is 5.69 Å². The fraction of sp³-hybridized carbons (Fsp3) is 0.0625. The molecule has 6 heteroatoms. The van der Waals surface area contributed by atoms with Gasteiger partial charge in [-0.1, -0.05) is 91.0 Å². The van der Waals surface area contributed by atoms with Crippen molar-refractivity contribution < 1.29 is 18.9 Å². The first-order chi connectivity index (χ1) is 18.5. The van der Waals surface area contributed by atoms with E-state index in [-0.39, 0.29) is 17.3 Å². The van der Waals surface area contributed by atoms with E-state index in [1.165, 1.54) is 12.1 Å². The van der Waals surface area contributed by atoms with Gasteiger partial charge in [0.2, 0.25) is 0 Å². The summed E-state index contributed by atoms with van der Waals surface area (Å²) in [7, 11) is 0. The summed E-state index contributed by atoms with van der Waals surface area (Å²) in [4.78, 5) is 39.1. The van der Waals surface area contributed by atoms with E-state index in [2.05, 4.69) is 0 Å². The van der Waals surface area contributed by atoms with E-state index in [1.807, 2.05) is 66.7 Å². The lowest BCUT2D eigenvalue weighted by Gasteiger charge is -2.20. The second-order valence-electron chi connectivity index (χ2n) is 9.18. The minimum Gasteiger partial charge on any atom is -0.455 e. The smallest absolute Gasteiger partial charge is 0.269 e. The molecule has 0 N–H and O–H groups in total. The van der Waals surface area contributed by atoms with Crippen LogP contribution in [0.2, 0.25) is 0 Å². The van der Waals surface area contributed by atoms with E-state index in [9.17, 15) is 19.7 Å². The molecule has 1 heterocycles. The first-order valence-corrected chi connectivity index (χ1v) is 12.2. The van der Waals surface area contributed by atoms with Crippen molar-refractivity contribution in [3.05, 3.63) is 148 Å². The van der Waals surface area contributed by atoms with E-state index in [4.69, 9.17) is 4.42 Å². The highest BCUT2D eigenvalue weighted by molar-refractivity contribution is 6.18. The number of furan rings is 1. The third-order valence-electron chi connectivity index (χ3n) is 6.99. The SMILES string of the molecule is O=C1c2c(-c3ccc([N+](=O)[O-])cc3)oc(-c3ccccc3)c2[C@H](C(=O)c2ccccc2)[C@H]1c1ccccc1. The maximum Gasteiger partial charge on any atom is 0.269 e. The summed E-state index contributed by atoms with van der Waals surface area (Å²) in [5, 5.41) is 11.2. The van der Waals surface area contributed by atoms with Crippen LogP contribution < -0.4 is 0 Å². The number of Topliss-reactive ketones (excluding diaryl/α,β-unsaturated/α-hetero) is 2. The Morgan fingerprint density at radius 3 is 1.87 bits per heavy atom. The van der Waals surface area contributed by atoms with Crippen molar-refractivity contribution in [3.8, 4) is 22.6 Å². The number of nitrogens with zero attached hydrogens (tertiary/aromatic N) is 1. The third kappa shape index (κ3) is 3.83. The van der Waals surface area contributed by atoms with Gasteiger partial charge in [-0.15, -0.1) is 0 Å². The molecule has 0 unspecified atom stereocenters. The monoisotopic (exact) mass is 499 g/mol. The predicted molar refractivity (Wildman–Crippen MR) is 143 cm³/mol. The Balaban J connectivity index is 1.62. The average Bonchev–Trinajstić information content (AvgIpc) is 3.50. The number of fused-ring (bicyclic) bond motifs is 1. The molecule has 0 bridgehead atoms. The number of rotatable bonds is 6. The lowest BCUT2D eigenvalue weighted by atomic mass is 9.80. The minimum absolute atomic E-state index is 0.0640. The molecule has 1 aliphatic rings. The molecule has 1 aliphatic carbocycles. The normalized spacial score (nSPS) is 16.3. The Morgan fingerprint density at radius 1 is 0.711 bits per heavy atom. The molecular formula is C32H21NO5. The summed E-state index contributed by atoms with van der Waals surface area (Å²) in [5.74, 6) is -1.14. The van der Waals surface area contributed by atoms with Gasteiger partial charge in [-0.3, -0.25) is 19.7 Å². The topological polar surface area (TPSA) is 90.4 Å². The van der Waals surface area contributed by atoms with Gasteiger partial charge in [-0.05, 0) is 17.7 Å². The van der Waals surface area contributed by atoms with Gasteiger partial charge >= 0.3 is 0 Å². The molecule has 6 rings (SSSR count). The van der Waals surface area contributed by atoms with Crippen LogP contribution in [0.3, 0.4) is 0 Å². The summed E-state index contributed by atoms with van der Waals surface area (Å²) < 4.78 is 6.39. The van der Waals surface area contributed by atoms with Crippen molar-refractivity contribution in [2.45, 2.75) is 11.8 Å². The molecule has 5 aromatic rings. The lowest BCUT2D eigenvalue weighted by Crippen LogP contribution is -2.20. The molecule has 2 atom stereocenters. The van der Waals surface area contributed by atoms with Crippen molar-refractivity contribution in [1.29, 1.82) is 0 Å². The van der Waals surface area contributed by atoms with E-state index in [1.54, 1.807) is 36.4 Å². The molecule has 0 fully saturated rings. The molecule has 38 heavy (non-hydrogen) atoms. The molecule has 0 spiro atoms. The van der Waals surface area contributed by atoms with Gasteiger partial charge in [0.05, 0.1) is 22.3 Å². The summed E-state index contributed by atoms with van der Waals surface area (Å²) in [5.41, 5.74) is 3.36. The highest BCUT2D eigenvalue weighted by atomic mass is 16.6. The van der Waals surface area contributed by atoms with Crippen LogP contribution in [0.15, 0.2) is 120 Å². The number of non-ortho nitro benzene ring substituents is 1. The highest BCUT2D eigenvalue weighted by Crippen LogP contribution is 2.53. The fourth-order valence-electron chi connectivity index (χ4n) is 5.27. The number of carbonyl (C=O) groups excluding carboxylic acids is 2. The Labute approximate surface area is 218 Å².